The quantitative estimate of drug-likeness (QED) is 0.636. The summed E-state index contributed by atoms with van der Waals surface area (Å²) in [5.74, 6) is 0.822. The van der Waals surface area contributed by atoms with Crippen molar-refractivity contribution in [2.75, 3.05) is 18.5 Å². The Morgan fingerprint density at radius 1 is 1.07 bits per heavy atom. The summed E-state index contributed by atoms with van der Waals surface area (Å²) in [6.07, 6.45) is -4.40. The van der Waals surface area contributed by atoms with E-state index in [2.05, 4.69) is 10.3 Å². The number of anilines is 1. The predicted molar refractivity (Wildman–Crippen MR) is 103 cm³/mol. The molecule has 0 saturated carbocycles. The normalized spacial score (nSPS) is 13.2. The Morgan fingerprint density at radius 3 is 2.45 bits per heavy atom. The van der Waals surface area contributed by atoms with E-state index in [1.54, 1.807) is 25.1 Å². The van der Waals surface area contributed by atoms with Crippen molar-refractivity contribution in [2.24, 2.45) is 0 Å². The van der Waals surface area contributed by atoms with E-state index in [-0.39, 0.29) is 5.91 Å². The number of nitrogens with one attached hydrogen (secondary N) is 1. The smallest absolute Gasteiger partial charge is 0.416 e. The molecule has 1 aliphatic rings. The summed E-state index contributed by atoms with van der Waals surface area (Å²) in [6.45, 7) is 2.60. The van der Waals surface area contributed by atoms with Crippen molar-refractivity contribution in [3.05, 3.63) is 58.6 Å². The van der Waals surface area contributed by atoms with E-state index in [0.29, 0.717) is 51.5 Å². The van der Waals surface area contributed by atoms with Crippen LogP contribution in [0.15, 0.2) is 42.5 Å². The molecule has 3 aromatic rings. The molecule has 150 valence electrons. The van der Waals surface area contributed by atoms with Gasteiger partial charge in [-0.05, 0) is 31.2 Å². The van der Waals surface area contributed by atoms with Crippen LogP contribution in [0.4, 0.5) is 18.9 Å². The second kappa shape index (κ2) is 7.40. The van der Waals surface area contributed by atoms with Gasteiger partial charge in [0.1, 0.15) is 23.1 Å². The number of aromatic nitrogens is 1. The molecule has 1 amide bonds. The number of nitrogens with zero attached hydrogens (tertiary/aromatic N) is 1. The van der Waals surface area contributed by atoms with E-state index >= 15 is 0 Å². The number of rotatable bonds is 3. The number of amides is 1. The zero-order chi connectivity index (χ0) is 20.6. The fraction of sp³-hybridized carbons (Fsp3) is 0.200. The van der Waals surface area contributed by atoms with E-state index in [1.807, 2.05) is 0 Å². The third-order valence-corrected chi connectivity index (χ3v) is 5.47. The highest BCUT2D eigenvalue weighted by molar-refractivity contribution is 7.17. The summed E-state index contributed by atoms with van der Waals surface area (Å²) in [4.78, 5) is 17.4. The van der Waals surface area contributed by atoms with Crippen LogP contribution in [-0.2, 0) is 6.18 Å². The molecule has 5 nitrogen and oxygen atoms in total. The summed E-state index contributed by atoms with van der Waals surface area (Å²) in [7, 11) is 0. The van der Waals surface area contributed by atoms with Crippen molar-refractivity contribution in [1.82, 2.24) is 4.98 Å². The summed E-state index contributed by atoms with van der Waals surface area (Å²) in [6, 6.07) is 9.81. The van der Waals surface area contributed by atoms with E-state index < -0.39 is 11.7 Å². The van der Waals surface area contributed by atoms with Crippen LogP contribution >= 0.6 is 11.3 Å². The van der Waals surface area contributed by atoms with Gasteiger partial charge in [-0.1, -0.05) is 12.1 Å². The van der Waals surface area contributed by atoms with Crippen molar-refractivity contribution in [2.45, 2.75) is 13.1 Å². The number of hydrogen-bond donors (Lipinski definition) is 1. The van der Waals surface area contributed by atoms with Crippen LogP contribution in [0.1, 0.15) is 20.9 Å². The van der Waals surface area contributed by atoms with Crippen molar-refractivity contribution in [3.8, 4) is 22.1 Å². The fourth-order valence-corrected chi connectivity index (χ4v) is 3.81. The van der Waals surface area contributed by atoms with Gasteiger partial charge in [0.05, 0.1) is 11.3 Å². The second-order valence-electron chi connectivity index (χ2n) is 6.32. The van der Waals surface area contributed by atoms with Crippen molar-refractivity contribution in [3.63, 3.8) is 0 Å². The first-order valence-corrected chi connectivity index (χ1v) is 9.49. The van der Waals surface area contributed by atoms with Crippen LogP contribution in [-0.4, -0.2) is 24.1 Å². The van der Waals surface area contributed by atoms with Gasteiger partial charge in [-0.15, -0.1) is 11.3 Å². The van der Waals surface area contributed by atoms with Crippen LogP contribution in [0, 0.1) is 6.92 Å². The van der Waals surface area contributed by atoms with Crippen molar-refractivity contribution < 1.29 is 27.4 Å². The molecule has 0 saturated heterocycles. The molecule has 2 aromatic carbocycles. The van der Waals surface area contributed by atoms with E-state index in [9.17, 15) is 18.0 Å². The highest BCUT2D eigenvalue weighted by atomic mass is 32.1. The second-order valence-corrected chi connectivity index (χ2v) is 7.32. The van der Waals surface area contributed by atoms with Crippen LogP contribution in [0.25, 0.3) is 10.6 Å². The largest absolute Gasteiger partial charge is 0.486 e. The highest BCUT2D eigenvalue weighted by Gasteiger charge is 2.30. The van der Waals surface area contributed by atoms with Gasteiger partial charge in [-0.25, -0.2) is 4.98 Å². The van der Waals surface area contributed by atoms with Crippen molar-refractivity contribution >= 4 is 22.9 Å². The van der Waals surface area contributed by atoms with Gasteiger partial charge in [0.25, 0.3) is 5.91 Å². The Morgan fingerprint density at radius 2 is 1.76 bits per heavy atom. The number of hydrogen-bond acceptors (Lipinski definition) is 5. The number of alkyl halides is 3. The molecular formula is C20H15F3N2O3S. The zero-order valence-electron chi connectivity index (χ0n) is 15.2. The van der Waals surface area contributed by atoms with Gasteiger partial charge in [-0.2, -0.15) is 13.2 Å². The first-order valence-electron chi connectivity index (χ1n) is 8.67. The Balaban J connectivity index is 1.54. The third kappa shape index (κ3) is 4.04. The molecule has 1 aliphatic heterocycles. The number of ether oxygens (including phenoxy) is 2. The molecular weight excluding hydrogens is 405 g/mol. The average molecular weight is 420 g/mol. The van der Waals surface area contributed by atoms with Crippen molar-refractivity contribution in [1.29, 1.82) is 0 Å². The molecule has 29 heavy (non-hydrogen) atoms. The fourth-order valence-electron chi connectivity index (χ4n) is 2.84. The highest BCUT2D eigenvalue weighted by Crippen LogP contribution is 2.35. The topological polar surface area (TPSA) is 60.5 Å². The van der Waals surface area contributed by atoms with E-state index in [0.717, 1.165) is 23.5 Å². The minimum atomic E-state index is -4.40. The molecule has 0 aliphatic carbocycles. The van der Waals surface area contributed by atoms with Gasteiger partial charge < -0.3 is 14.8 Å². The van der Waals surface area contributed by atoms with Crippen LogP contribution < -0.4 is 14.8 Å². The lowest BCUT2D eigenvalue weighted by Gasteiger charge is -2.18. The first-order chi connectivity index (χ1) is 13.8. The van der Waals surface area contributed by atoms with Crippen LogP contribution in [0.3, 0.4) is 0 Å². The van der Waals surface area contributed by atoms with Gasteiger partial charge >= 0.3 is 6.18 Å². The maximum atomic E-state index is 12.7. The molecule has 0 atom stereocenters. The minimum absolute atomic E-state index is 0.352. The third-order valence-electron chi connectivity index (χ3n) is 4.26. The van der Waals surface area contributed by atoms with Gasteiger partial charge in [0.15, 0.2) is 11.5 Å². The summed E-state index contributed by atoms with van der Waals surface area (Å²) in [5.41, 5.74) is 0.832. The number of fused-ring (bicyclic) bond motifs is 1. The molecule has 0 bridgehead atoms. The Labute approximate surface area is 168 Å². The van der Waals surface area contributed by atoms with Gasteiger partial charge in [-0.3, -0.25) is 4.79 Å². The number of carbonyl (C=O) groups is 1. The maximum absolute atomic E-state index is 12.7. The first kappa shape index (κ1) is 19.3. The number of thiazole rings is 1. The molecule has 0 radical (unpaired) electrons. The summed E-state index contributed by atoms with van der Waals surface area (Å²) >= 11 is 1.12. The molecule has 0 spiro atoms. The molecule has 9 heteroatoms. The molecule has 4 rings (SSSR count). The molecule has 1 N–H and O–H groups in total. The van der Waals surface area contributed by atoms with E-state index in [4.69, 9.17) is 9.47 Å². The Hall–Kier alpha value is -3.07. The Bertz CT molecular complexity index is 1060. The minimum Gasteiger partial charge on any atom is -0.486 e. The predicted octanol–water partition coefficient (Wildman–Crippen LogP) is 5.16. The Kier molecular flexibility index (Phi) is 4.91. The molecule has 0 fully saturated rings. The van der Waals surface area contributed by atoms with Crippen LogP contribution in [0.2, 0.25) is 0 Å². The SMILES string of the molecule is Cc1nc(-c2ccc(C(F)(F)F)cc2)sc1C(=O)Nc1ccc2c(c1)OCCO2. The molecule has 2 heterocycles. The lowest BCUT2D eigenvalue weighted by atomic mass is 10.1. The number of carbonyl (C=O) groups excluding carboxylic acids is 1. The van der Waals surface area contributed by atoms with Gasteiger partial charge in [0, 0.05) is 17.3 Å². The lowest BCUT2D eigenvalue weighted by molar-refractivity contribution is -0.137. The maximum Gasteiger partial charge on any atom is 0.416 e. The molecule has 1 aromatic heterocycles. The standard InChI is InChI=1S/C20H15F3N2O3S/c1-11-17(18(26)25-14-6-7-15-16(10-14)28-9-8-27-15)29-19(24-11)12-2-4-13(5-3-12)20(21,22)23/h2-7,10H,8-9H2,1H3,(H,25,26). The summed E-state index contributed by atoms with van der Waals surface area (Å²) < 4.78 is 49.1. The monoisotopic (exact) mass is 420 g/mol. The number of benzene rings is 2. The van der Waals surface area contributed by atoms with Gasteiger partial charge in [0.2, 0.25) is 0 Å². The number of aryl methyl sites for hydroxylation is 1. The zero-order valence-corrected chi connectivity index (χ0v) is 16.0. The van der Waals surface area contributed by atoms with E-state index in [1.165, 1.54) is 12.1 Å². The average Bonchev–Trinajstić information content (AvgIpc) is 3.09. The lowest BCUT2D eigenvalue weighted by Crippen LogP contribution is -2.16. The number of halogens is 3. The van der Waals surface area contributed by atoms with Crippen LogP contribution in [0.5, 0.6) is 11.5 Å². The molecule has 0 unspecified atom stereocenters. The summed E-state index contributed by atoms with van der Waals surface area (Å²) in [5, 5.41) is 3.27.